The molecule has 0 saturated carbocycles. The van der Waals surface area contributed by atoms with E-state index in [1.165, 1.54) is 16.2 Å². The van der Waals surface area contributed by atoms with E-state index in [0.717, 1.165) is 265 Å². The van der Waals surface area contributed by atoms with Gasteiger partial charge in [-0.15, -0.1) is 0 Å². The summed E-state index contributed by atoms with van der Waals surface area (Å²) in [5.74, 6) is 0. The van der Waals surface area contributed by atoms with Crippen molar-refractivity contribution in [2.75, 3.05) is 0 Å². The third-order valence-electron chi connectivity index (χ3n) is 27.7. The minimum Gasteiger partial charge on any atom is -0.456 e. The Bertz CT molecular complexity index is 10100. The summed E-state index contributed by atoms with van der Waals surface area (Å²) in [7, 11) is 0. The Morgan fingerprint density at radius 3 is 1.00 bits per heavy atom. The van der Waals surface area contributed by atoms with E-state index < -0.39 is 0 Å². The van der Waals surface area contributed by atoms with Crippen LogP contribution in [0.5, 0.6) is 0 Å². The third-order valence-corrected chi connectivity index (χ3v) is 27.7. The van der Waals surface area contributed by atoms with Gasteiger partial charge < -0.3 is 40.2 Å². The molecule has 640 valence electrons. The van der Waals surface area contributed by atoms with Crippen LogP contribution in [-0.4, -0.2) is 13.7 Å². The largest absolute Gasteiger partial charge is 0.456 e. The number of fused-ring (bicyclic) bond motifs is 27. The summed E-state index contributed by atoms with van der Waals surface area (Å²) in [4.78, 5) is 0. The molecule has 137 heavy (non-hydrogen) atoms. The van der Waals surface area contributed by atoms with Crippen LogP contribution in [0.15, 0.2) is 494 Å². The molecule has 0 atom stereocenters. The fraction of sp³-hybridized carbons (Fsp3) is 0. The van der Waals surface area contributed by atoms with Crippen molar-refractivity contribution in [1.82, 2.24) is 13.7 Å². The van der Waals surface area contributed by atoms with Crippen LogP contribution in [0.4, 0.5) is 0 Å². The van der Waals surface area contributed by atoms with Gasteiger partial charge in [0, 0.05) is 92.6 Å². The molecule has 0 bridgehead atoms. The van der Waals surface area contributed by atoms with Crippen molar-refractivity contribution in [1.29, 1.82) is 0 Å². The Labute approximate surface area is 783 Å². The highest BCUT2D eigenvalue weighted by Gasteiger charge is 2.27. The molecule has 21 aromatic carbocycles. The molecule has 30 rings (SSSR count). The first kappa shape index (κ1) is 77.3. The first-order valence-electron chi connectivity index (χ1n) is 46.5. The summed E-state index contributed by atoms with van der Waals surface area (Å²) >= 11 is 0. The van der Waals surface area contributed by atoms with Gasteiger partial charge in [-0.05, 0) is 258 Å². The standard InChI is InChI=1S/C44H27NO2.2C42H25NO2/c1-3-12-28(13-4-1)34-20-10-21-37-41-33(19-11-23-39(41)46-43(34)37)31-15-9-14-29(26-31)30-24-25-36-40(27-30)47-44-35-18-7-8-22-38(35)45(42(36)44)32-16-5-2-6-17-32;1-2-13-30(14-3-1)43-36-18-7-6-16-33(36)42-40(43)34-22-21-28(25-38(34)45-42)27-11-8-12-29(24-27)31-17-9-19-37-39(31)35-23-20-26-10-4-5-15-32(26)41(35)44-37;1-2-13-32(14-3-1)43-37-16-7-6-15-34(37)42-41(43)36-23-30(18-20-38(36)45-42)26-11-8-12-27(21-26)31-17-19-33-35-22-28-9-4-5-10-29(28)24-40(35)44-39(33)25-31/h1-27H;2*1-25H. The van der Waals surface area contributed by atoms with Crippen molar-refractivity contribution in [3.8, 4) is 95.0 Å². The molecule has 9 aromatic heterocycles. The molecule has 0 unspecified atom stereocenters. The lowest BCUT2D eigenvalue weighted by Gasteiger charge is -2.09. The van der Waals surface area contributed by atoms with Crippen LogP contribution >= 0.6 is 0 Å². The number of furan rings is 6. The molecular weight excluding hydrogens is 1680 g/mol. The average Bonchev–Trinajstić information content (AvgIpc) is 1.56. The van der Waals surface area contributed by atoms with Crippen LogP contribution in [0.2, 0.25) is 0 Å². The number of para-hydroxylation sites is 7. The second kappa shape index (κ2) is 31.1. The number of rotatable bonds is 10. The molecule has 0 spiro atoms. The molecule has 0 N–H and O–H groups in total. The molecule has 0 amide bonds. The first-order chi connectivity index (χ1) is 67.9. The maximum atomic E-state index is 6.65. The molecule has 0 aliphatic rings. The molecule has 0 fully saturated rings. The summed E-state index contributed by atoms with van der Waals surface area (Å²) < 4.78 is 46.2. The molecule has 9 nitrogen and oxygen atoms in total. The fourth-order valence-corrected chi connectivity index (χ4v) is 21.5. The maximum absolute atomic E-state index is 6.65. The van der Waals surface area contributed by atoms with Gasteiger partial charge in [0.15, 0.2) is 16.7 Å². The van der Waals surface area contributed by atoms with E-state index in [1.807, 2.05) is 6.07 Å². The zero-order valence-electron chi connectivity index (χ0n) is 73.7. The Balaban J connectivity index is 0.000000102. The van der Waals surface area contributed by atoms with E-state index in [-0.39, 0.29) is 0 Å². The van der Waals surface area contributed by atoms with Gasteiger partial charge in [-0.3, -0.25) is 0 Å². The van der Waals surface area contributed by atoms with Crippen molar-refractivity contribution < 1.29 is 26.5 Å². The van der Waals surface area contributed by atoms with Crippen molar-refractivity contribution >= 4 is 186 Å². The van der Waals surface area contributed by atoms with Gasteiger partial charge in [0.25, 0.3) is 0 Å². The van der Waals surface area contributed by atoms with Crippen LogP contribution in [0.3, 0.4) is 0 Å². The van der Waals surface area contributed by atoms with Crippen molar-refractivity contribution in [2.24, 2.45) is 0 Å². The highest BCUT2D eigenvalue weighted by Crippen LogP contribution is 2.49. The Morgan fingerprint density at radius 2 is 0.474 bits per heavy atom. The summed E-state index contributed by atoms with van der Waals surface area (Å²) in [6.45, 7) is 0. The number of aromatic nitrogens is 3. The summed E-state index contributed by atoms with van der Waals surface area (Å²) in [5, 5.41) is 18.2. The Morgan fingerprint density at radius 1 is 0.139 bits per heavy atom. The summed E-state index contributed by atoms with van der Waals surface area (Å²) in [6.07, 6.45) is 0. The minimum atomic E-state index is 0.879. The zero-order valence-corrected chi connectivity index (χ0v) is 73.7. The molecule has 0 radical (unpaired) electrons. The maximum Gasteiger partial charge on any atom is 0.161 e. The molecule has 0 saturated heterocycles. The number of hydrogen-bond donors (Lipinski definition) is 0. The van der Waals surface area contributed by atoms with E-state index in [2.05, 4.69) is 475 Å². The quantitative estimate of drug-likeness (QED) is 0.135. The zero-order chi connectivity index (χ0) is 89.9. The molecule has 0 aliphatic carbocycles. The van der Waals surface area contributed by atoms with Crippen LogP contribution in [0.1, 0.15) is 0 Å². The average molecular weight is 1750 g/mol. The molecule has 30 aromatic rings. The van der Waals surface area contributed by atoms with Crippen molar-refractivity contribution in [2.45, 2.75) is 0 Å². The topological polar surface area (TPSA) is 93.6 Å². The van der Waals surface area contributed by atoms with Crippen LogP contribution in [0.25, 0.3) is 281 Å². The predicted octanol–water partition coefficient (Wildman–Crippen LogP) is 36.3. The minimum absolute atomic E-state index is 0.879. The van der Waals surface area contributed by atoms with E-state index >= 15 is 0 Å². The van der Waals surface area contributed by atoms with Gasteiger partial charge in [0.1, 0.15) is 66.8 Å². The van der Waals surface area contributed by atoms with Crippen LogP contribution in [0, 0.1) is 0 Å². The van der Waals surface area contributed by atoms with Crippen molar-refractivity contribution in [3.63, 3.8) is 0 Å². The van der Waals surface area contributed by atoms with Gasteiger partial charge in [-0.2, -0.15) is 0 Å². The lowest BCUT2D eigenvalue weighted by atomic mass is 9.95. The normalized spacial score (nSPS) is 11.9. The van der Waals surface area contributed by atoms with Gasteiger partial charge >= 0.3 is 0 Å². The highest BCUT2D eigenvalue weighted by molar-refractivity contribution is 6.23. The van der Waals surface area contributed by atoms with Gasteiger partial charge in [0.05, 0.1) is 16.6 Å². The Hall–Kier alpha value is -18.4. The van der Waals surface area contributed by atoms with Crippen LogP contribution < -0.4 is 0 Å². The molecule has 9 heterocycles. The second-order valence-electron chi connectivity index (χ2n) is 35.6. The van der Waals surface area contributed by atoms with E-state index in [1.54, 1.807) is 0 Å². The second-order valence-corrected chi connectivity index (χ2v) is 35.6. The predicted molar refractivity (Wildman–Crippen MR) is 567 cm³/mol. The van der Waals surface area contributed by atoms with Crippen LogP contribution in [-0.2, 0) is 0 Å². The summed E-state index contributed by atoms with van der Waals surface area (Å²) in [6, 6.07) is 165. The smallest absolute Gasteiger partial charge is 0.161 e. The van der Waals surface area contributed by atoms with E-state index in [9.17, 15) is 0 Å². The molecular formula is C128H77N3O6. The summed E-state index contributed by atoms with van der Waals surface area (Å²) in [5.41, 5.74) is 36.9. The number of benzene rings is 21. The molecule has 0 aliphatic heterocycles. The molecule has 9 heteroatoms. The first-order valence-corrected chi connectivity index (χ1v) is 46.5. The van der Waals surface area contributed by atoms with Crippen molar-refractivity contribution in [3.05, 3.63) is 467 Å². The van der Waals surface area contributed by atoms with Gasteiger partial charge in [-0.25, -0.2) is 0 Å². The van der Waals surface area contributed by atoms with Gasteiger partial charge in [-0.1, -0.05) is 297 Å². The fourth-order valence-electron chi connectivity index (χ4n) is 21.5. The lowest BCUT2D eigenvalue weighted by molar-refractivity contribution is 0.669. The van der Waals surface area contributed by atoms with Gasteiger partial charge in [0.2, 0.25) is 0 Å². The lowest BCUT2D eigenvalue weighted by Crippen LogP contribution is -1.92. The van der Waals surface area contributed by atoms with E-state index in [0.29, 0.717) is 0 Å². The Kier molecular flexibility index (Phi) is 17.6. The highest BCUT2D eigenvalue weighted by atomic mass is 16.4. The van der Waals surface area contributed by atoms with E-state index in [4.69, 9.17) is 26.5 Å². The SMILES string of the molecule is c1ccc(-c2cccc3c2oc2cccc(-c4cccc(-c5ccc6c(c5)oc5c7ccccc7n(-c7ccccc7)c65)c4)c23)cc1.c1ccc(-n2c3ccccc3c3oc4cc(-c5cccc(-c6cccc7oc8c9ccccc9ccc8c67)c5)ccc4c32)cc1.c1ccc(-n2c3ccccc3c3oc4ccc(-c5cccc(-c6ccc7c(c6)oc6cc8ccccc8cc67)c5)cc4c32)cc1. The number of hydrogen-bond acceptors (Lipinski definition) is 6. The third kappa shape index (κ3) is 12.6. The monoisotopic (exact) mass is 1750 g/mol. The number of nitrogens with zero attached hydrogens (tertiary/aromatic N) is 3.